The molecule has 0 aromatic carbocycles. The van der Waals surface area contributed by atoms with Crippen LogP contribution in [0.15, 0.2) is 28.9 Å². The number of carbonyl (C=O) groups excluding carboxylic acids is 1. The van der Waals surface area contributed by atoms with Crippen LogP contribution >= 0.6 is 0 Å². The summed E-state index contributed by atoms with van der Waals surface area (Å²) in [6, 6.07) is 5.17. The van der Waals surface area contributed by atoms with E-state index in [4.69, 9.17) is 4.52 Å². The molecule has 82 valence electrons. The summed E-state index contributed by atoms with van der Waals surface area (Å²) in [6.45, 7) is 3.68. The Labute approximate surface area is 92.5 Å². The number of rotatable bonds is 2. The number of nitrogens with one attached hydrogen (secondary N) is 1. The minimum absolute atomic E-state index is 0.180. The van der Waals surface area contributed by atoms with Crippen molar-refractivity contribution in [3.8, 4) is 0 Å². The van der Waals surface area contributed by atoms with Gasteiger partial charge in [-0.3, -0.25) is 4.79 Å². The van der Waals surface area contributed by atoms with Crippen molar-refractivity contribution in [2.24, 2.45) is 0 Å². The van der Waals surface area contributed by atoms with Crippen LogP contribution in [0, 0.1) is 13.8 Å². The first-order valence-corrected chi connectivity index (χ1v) is 4.82. The van der Waals surface area contributed by atoms with Gasteiger partial charge in [-0.25, -0.2) is 4.98 Å². The monoisotopic (exact) mass is 217 g/mol. The molecule has 0 aliphatic carbocycles. The number of aryl methyl sites for hydroxylation is 2. The van der Waals surface area contributed by atoms with E-state index in [2.05, 4.69) is 15.5 Å². The molecule has 0 saturated carbocycles. The third kappa shape index (κ3) is 2.25. The zero-order chi connectivity index (χ0) is 11.5. The summed E-state index contributed by atoms with van der Waals surface area (Å²) in [5, 5.41) is 6.25. The molecular formula is C11H11N3O2. The predicted molar refractivity (Wildman–Crippen MR) is 58.2 cm³/mol. The molecule has 0 unspecified atom stereocenters. The average Bonchev–Trinajstić information content (AvgIpc) is 2.68. The zero-order valence-electron chi connectivity index (χ0n) is 9.02. The number of hydrogen-bond acceptors (Lipinski definition) is 4. The molecule has 0 radical (unpaired) electrons. The van der Waals surface area contributed by atoms with Crippen LogP contribution in [0.3, 0.4) is 0 Å². The Morgan fingerprint density at radius 2 is 2.19 bits per heavy atom. The average molecular weight is 217 g/mol. The minimum Gasteiger partial charge on any atom is -0.351 e. The van der Waals surface area contributed by atoms with Gasteiger partial charge in [0.1, 0.15) is 5.82 Å². The number of carbonyl (C=O) groups is 1. The lowest BCUT2D eigenvalue weighted by atomic mass is 10.3. The Morgan fingerprint density at radius 1 is 1.38 bits per heavy atom. The van der Waals surface area contributed by atoms with Gasteiger partial charge in [-0.1, -0.05) is 11.2 Å². The van der Waals surface area contributed by atoms with E-state index in [1.165, 1.54) is 0 Å². The van der Waals surface area contributed by atoms with Crippen molar-refractivity contribution in [1.29, 1.82) is 0 Å². The molecule has 5 heteroatoms. The Morgan fingerprint density at radius 3 is 2.75 bits per heavy atom. The lowest BCUT2D eigenvalue weighted by molar-refractivity contribution is 0.0987. The third-order valence-corrected chi connectivity index (χ3v) is 2.00. The lowest BCUT2D eigenvalue weighted by Crippen LogP contribution is -2.11. The molecule has 0 saturated heterocycles. The summed E-state index contributed by atoms with van der Waals surface area (Å²) in [6.07, 6.45) is 1.68. The first-order chi connectivity index (χ1) is 7.65. The van der Waals surface area contributed by atoms with Crippen LogP contribution in [-0.4, -0.2) is 16.0 Å². The number of anilines is 1. The molecule has 0 aliphatic rings. The van der Waals surface area contributed by atoms with Gasteiger partial charge in [0.15, 0.2) is 0 Å². The molecule has 0 aliphatic heterocycles. The van der Waals surface area contributed by atoms with E-state index in [9.17, 15) is 4.79 Å². The fourth-order valence-electron chi connectivity index (χ4n) is 1.19. The van der Waals surface area contributed by atoms with Crippen molar-refractivity contribution in [1.82, 2.24) is 10.1 Å². The summed E-state index contributed by atoms with van der Waals surface area (Å²) < 4.78 is 4.83. The van der Waals surface area contributed by atoms with Gasteiger partial charge in [0.05, 0.1) is 5.69 Å². The number of pyridine rings is 1. The number of aromatic nitrogens is 2. The first-order valence-electron chi connectivity index (χ1n) is 4.82. The first kappa shape index (κ1) is 10.4. The second-order valence-electron chi connectivity index (χ2n) is 3.51. The molecule has 1 amide bonds. The molecule has 16 heavy (non-hydrogen) atoms. The van der Waals surface area contributed by atoms with Crippen LogP contribution < -0.4 is 5.32 Å². The summed E-state index contributed by atoms with van der Waals surface area (Å²) in [4.78, 5) is 15.7. The van der Waals surface area contributed by atoms with Crippen molar-refractivity contribution in [2.75, 3.05) is 5.32 Å². The highest BCUT2D eigenvalue weighted by molar-refractivity contribution is 6.01. The van der Waals surface area contributed by atoms with E-state index in [-0.39, 0.29) is 11.7 Å². The van der Waals surface area contributed by atoms with Crippen molar-refractivity contribution in [3.05, 3.63) is 41.4 Å². The van der Waals surface area contributed by atoms with E-state index in [0.717, 1.165) is 5.56 Å². The normalized spacial score (nSPS) is 10.1. The predicted octanol–water partition coefficient (Wildman–Crippen LogP) is 1.94. The van der Waals surface area contributed by atoms with Crippen LogP contribution in [0.25, 0.3) is 0 Å². The number of nitrogens with zero attached hydrogens (tertiary/aromatic N) is 2. The van der Waals surface area contributed by atoms with Crippen molar-refractivity contribution >= 4 is 11.7 Å². The quantitative estimate of drug-likeness (QED) is 0.834. The third-order valence-electron chi connectivity index (χ3n) is 2.00. The summed E-state index contributed by atoms with van der Waals surface area (Å²) >= 11 is 0. The van der Waals surface area contributed by atoms with Crippen molar-refractivity contribution < 1.29 is 9.32 Å². The summed E-state index contributed by atoms with van der Waals surface area (Å²) in [5.41, 5.74) is 1.70. The van der Waals surface area contributed by atoms with E-state index in [1.54, 1.807) is 25.3 Å². The van der Waals surface area contributed by atoms with Gasteiger partial charge in [0.25, 0.3) is 5.91 Å². The molecular weight excluding hydrogens is 206 g/mol. The SMILES string of the molecule is Cc1ccc(NC(=O)c2cc(C)no2)nc1. The van der Waals surface area contributed by atoms with Gasteiger partial charge in [-0.2, -0.15) is 0 Å². The molecule has 0 bridgehead atoms. The Kier molecular flexibility index (Phi) is 2.68. The van der Waals surface area contributed by atoms with E-state index < -0.39 is 0 Å². The minimum atomic E-state index is -0.350. The Balaban J connectivity index is 2.10. The van der Waals surface area contributed by atoms with Gasteiger partial charge in [-0.15, -0.1) is 0 Å². The molecule has 2 aromatic heterocycles. The summed E-state index contributed by atoms with van der Waals surface area (Å²) in [5.74, 6) is 0.321. The van der Waals surface area contributed by atoms with Gasteiger partial charge in [-0.05, 0) is 25.5 Å². The summed E-state index contributed by atoms with van der Waals surface area (Å²) in [7, 11) is 0. The molecule has 0 atom stereocenters. The molecule has 0 spiro atoms. The van der Waals surface area contributed by atoms with E-state index in [0.29, 0.717) is 11.5 Å². The molecule has 1 N–H and O–H groups in total. The van der Waals surface area contributed by atoms with Crippen molar-refractivity contribution in [2.45, 2.75) is 13.8 Å². The maximum absolute atomic E-state index is 11.6. The van der Waals surface area contributed by atoms with Gasteiger partial charge in [0.2, 0.25) is 5.76 Å². The largest absolute Gasteiger partial charge is 0.351 e. The van der Waals surface area contributed by atoms with Crippen LogP contribution in [-0.2, 0) is 0 Å². The number of hydrogen-bond donors (Lipinski definition) is 1. The van der Waals surface area contributed by atoms with Crippen molar-refractivity contribution in [3.63, 3.8) is 0 Å². The van der Waals surface area contributed by atoms with Gasteiger partial charge >= 0.3 is 0 Å². The smallest absolute Gasteiger partial charge is 0.295 e. The van der Waals surface area contributed by atoms with Crippen LogP contribution in [0.1, 0.15) is 21.8 Å². The maximum atomic E-state index is 11.6. The van der Waals surface area contributed by atoms with E-state index in [1.807, 2.05) is 13.0 Å². The highest BCUT2D eigenvalue weighted by Crippen LogP contribution is 2.08. The van der Waals surface area contributed by atoms with E-state index >= 15 is 0 Å². The maximum Gasteiger partial charge on any atom is 0.295 e. The zero-order valence-corrected chi connectivity index (χ0v) is 9.02. The van der Waals surface area contributed by atoms with Crippen LogP contribution in [0.2, 0.25) is 0 Å². The molecule has 2 heterocycles. The number of amides is 1. The Hall–Kier alpha value is -2.17. The second kappa shape index (κ2) is 4.14. The highest BCUT2D eigenvalue weighted by atomic mass is 16.5. The molecule has 2 aromatic rings. The van der Waals surface area contributed by atoms with Crippen LogP contribution in [0.5, 0.6) is 0 Å². The topological polar surface area (TPSA) is 68.0 Å². The molecule has 5 nitrogen and oxygen atoms in total. The lowest BCUT2D eigenvalue weighted by Gasteiger charge is -2.01. The molecule has 2 rings (SSSR count). The second-order valence-corrected chi connectivity index (χ2v) is 3.51. The standard InChI is InChI=1S/C11H11N3O2/c1-7-3-4-10(12-6-7)13-11(15)9-5-8(2)14-16-9/h3-6H,1-2H3,(H,12,13,15). The Bertz CT molecular complexity index is 502. The van der Waals surface area contributed by atoms with Gasteiger partial charge < -0.3 is 9.84 Å². The molecule has 0 fully saturated rings. The fraction of sp³-hybridized carbons (Fsp3) is 0.182. The van der Waals surface area contributed by atoms with Crippen LogP contribution in [0.4, 0.5) is 5.82 Å². The fourth-order valence-corrected chi connectivity index (χ4v) is 1.19. The highest BCUT2D eigenvalue weighted by Gasteiger charge is 2.11. The van der Waals surface area contributed by atoms with Gasteiger partial charge in [0, 0.05) is 12.3 Å².